The van der Waals surface area contributed by atoms with E-state index in [4.69, 9.17) is 4.74 Å². The van der Waals surface area contributed by atoms with Crippen molar-refractivity contribution < 1.29 is 33.4 Å². The molecule has 23 heavy (non-hydrogen) atoms. The monoisotopic (exact) mass is 354 g/mol. The number of para-hydroxylation sites is 1. The van der Waals surface area contributed by atoms with Crippen molar-refractivity contribution in [2.75, 3.05) is 0 Å². The first-order chi connectivity index (χ1) is 10.7. The third-order valence-corrected chi connectivity index (χ3v) is 6.84. The predicted octanol–water partition coefficient (Wildman–Crippen LogP) is -0.211. The minimum Gasteiger partial charge on any atom is -0.808 e. The lowest BCUT2D eigenvalue weighted by atomic mass is 10.1. The second kappa shape index (κ2) is 6.57. The first-order valence-electron chi connectivity index (χ1n) is 6.48. The van der Waals surface area contributed by atoms with Crippen LogP contribution in [0.1, 0.15) is 5.56 Å². The minimum atomic E-state index is -5.97. The Labute approximate surface area is 132 Å². The average molecular weight is 354 g/mol. The van der Waals surface area contributed by atoms with Crippen molar-refractivity contribution in [2.45, 2.75) is 11.5 Å². The van der Waals surface area contributed by atoms with E-state index in [9.17, 15) is 28.7 Å². The van der Waals surface area contributed by atoms with Crippen molar-refractivity contribution in [3.05, 3.63) is 66.2 Å². The topological polar surface area (TPSA) is 136 Å². The maximum absolute atomic E-state index is 11.7. The van der Waals surface area contributed by atoms with Crippen LogP contribution in [0.3, 0.4) is 0 Å². The van der Waals surface area contributed by atoms with Gasteiger partial charge in [-0.05, 0) is 32.9 Å². The van der Waals surface area contributed by atoms with Crippen LogP contribution in [0.15, 0.2) is 60.7 Å². The molecule has 0 saturated heterocycles. The van der Waals surface area contributed by atoms with E-state index in [0.717, 1.165) is 0 Å². The predicted molar refractivity (Wildman–Crippen MR) is 75.2 cm³/mol. The molecule has 7 nitrogen and oxygen atoms in total. The van der Waals surface area contributed by atoms with Crippen molar-refractivity contribution in [3.8, 4) is 5.75 Å². The van der Waals surface area contributed by atoms with Gasteiger partial charge in [0.25, 0.3) is 0 Å². The first kappa shape index (κ1) is 17.9. The summed E-state index contributed by atoms with van der Waals surface area (Å²) in [6.45, 7) is 0. The van der Waals surface area contributed by atoms with Crippen LogP contribution in [0.25, 0.3) is 0 Å². The molecule has 0 unspecified atom stereocenters. The van der Waals surface area contributed by atoms with Gasteiger partial charge in [-0.15, -0.1) is 0 Å². The van der Waals surface area contributed by atoms with Crippen molar-refractivity contribution >= 4 is 15.2 Å². The van der Waals surface area contributed by atoms with E-state index >= 15 is 0 Å². The van der Waals surface area contributed by atoms with Gasteiger partial charge in [0.1, 0.15) is 5.75 Å². The lowest BCUT2D eigenvalue weighted by molar-refractivity contribution is -0.346. The summed E-state index contributed by atoms with van der Waals surface area (Å²) in [5.74, 6) is -0.206. The van der Waals surface area contributed by atoms with Gasteiger partial charge in [-0.2, -0.15) is 0 Å². The quantitative estimate of drug-likeness (QED) is 0.655. The van der Waals surface area contributed by atoms with Crippen LogP contribution >= 0.6 is 15.2 Å². The number of rotatable bonds is 6. The summed E-state index contributed by atoms with van der Waals surface area (Å²) in [6, 6.07) is 14.4. The summed E-state index contributed by atoms with van der Waals surface area (Å²) >= 11 is 0. The first-order valence-corrected chi connectivity index (χ1v) is 9.56. The van der Waals surface area contributed by atoms with E-state index in [2.05, 4.69) is 0 Å². The summed E-state index contributed by atoms with van der Waals surface area (Å²) < 4.78 is 28.3. The van der Waals surface area contributed by atoms with Gasteiger partial charge in [0.15, 0.2) is 5.08 Å². The largest absolute Gasteiger partial charge is 0.808 e. The SMILES string of the molecule is O=P([O-])([O-])C(Cc1ccccc1)(Oc1ccccc1)P(=O)([O-])[O-]. The Balaban J connectivity index is 2.56. The van der Waals surface area contributed by atoms with E-state index in [0.29, 0.717) is 0 Å². The molecule has 0 amide bonds. The van der Waals surface area contributed by atoms with Gasteiger partial charge in [0.2, 0.25) is 0 Å². The van der Waals surface area contributed by atoms with Crippen LogP contribution in [0.5, 0.6) is 5.75 Å². The molecule has 0 saturated carbocycles. The number of hydrogen-bond acceptors (Lipinski definition) is 7. The molecule has 9 heteroatoms. The van der Waals surface area contributed by atoms with Crippen LogP contribution in [0.2, 0.25) is 0 Å². The Morgan fingerprint density at radius 1 is 0.783 bits per heavy atom. The van der Waals surface area contributed by atoms with Gasteiger partial charge >= 0.3 is 0 Å². The molecule has 0 fully saturated rings. The molecule has 2 aromatic carbocycles. The molecule has 124 valence electrons. The summed E-state index contributed by atoms with van der Waals surface area (Å²) in [6.07, 6.45) is -0.892. The molecule has 0 radical (unpaired) electrons. The minimum absolute atomic E-state index is 0.169. The van der Waals surface area contributed by atoms with Gasteiger partial charge in [-0.1, -0.05) is 48.5 Å². The Bertz CT molecular complexity index is 671. The van der Waals surface area contributed by atoms with Crippen molar-refractivity contribution in [1.82, 2.24) is 0 Å². The fourth-order valence-electron chi connectivity index (χ4n) is 2.03. The Morgan fingerprint density at radius 2 is 1.22 bits per heavy atom. The molecular formula is C14H12O7P2-4. The molecular weight excluding hydrogens is 342 g/mol. The van der Waals surface area contributed by atoms with Gasteiger partial charge in [-0.25, -0.2) is 0 Å². The molecule has 0 aliphatic rings. The van der Waals surface area contributed by atoms with Crippen molar-refractivity contribution in [2.24, 2.45) is 0 Å². The zero-order valence-corrected chi connectivity index (χ0v) is 13.5. The van der Waals surface area contributed by atoms with Crippen LogP contribution in [0.4, 0.5) is 0 Å². The zero-order chi connectivity index (χ0) is 17.1. The van der Waals surface area contributed by atoms with Crippen molar-refractivity contribution in [1.29, 1.82) is 0 Å². The van der Waals surface area contributed by atoms with Gasteiger partial charge < -0.3 is 33.4 Å². The zero-order valence-electron chi connectivity index (χ0n) is 11.7. The maximum atomic E-state index is 11.7. The normalized spacial score (nSPS) is 12.9. The highest BCUT2D eigenvalue weighted by Gasteiger charge is 2.41. The highest BCUT2D eigenvalue weighted by molar-refractivity contribution is 7.69. The number of ether oxygens (including phenoxy) is 1. The second-order valence-electron chi connectivity index (χ2n) is 4.82. The van der Waals surface area contributed by atoms with Crippen LogP contribution in [-0.4, -0.2) is 5.08 Å². The molecule has 0 aromatic heterocycles. The fourth-order valence-corrected chi connectivity index (χ4v) is 4.42. The molecule has 0 bridgehead atoms. The molecule has 0 aliphatic heterocycles. The number of benzene rings is 2. The lowest BCUT2D eigenvalue weighted by Gasteiger charge is -2.58. The highest BCUT2D eigenvalue weighted by Crippen LogP contribution is 2.62. The molecule has 2 aromatic rings. The molecule has 0 aliphatic carbocycles. The Kier molecular flexibility index (Phi) is 5.11. The maximum Gasteiger partial charge on any atom is 0.164 e. The summed E-state index contributed by atoms with van der Waals surface area (Å²) in [4.78, 5) is 46.7. The van der Waals surface area contributed by atoms with Crippen LogP contribution in [-0.2, 0) is 15.6 Å². The summed E-state index contributed by atoms with van der Waals surface area (Å²) in [5.41, 5.74) is 0.169. The van der Waals surface area contributed by atoms with Crippen LogP contribution in [0, 0.1) is 0 Å². The van der Waals surface area contributed by atoms with E-state index in [-0.39, 0.29) is 11.3 Å². The fraction of sp³-hybridized carbons (Fsp3) is 0.143. The molecule has 2 rings (SSSR count). The lowest BCUT2D eigenvalue weighted by Crippen LogP contribution is -2.51. The Hall–Kier alpha value is -1.46. The molecule has 0 spiro atoms. The molecule has 0 atom stereocenters. The molecule has 0 heterocycles. The van der Waals surface area contributed by atoms with Crippen molar-refractivity contribution in [3.63, 3.8) is 0 Å². The highest BCUT2D eigenvalue weighted by atomic mass is 31.2. The summed E-state index contributed by atoms with van der Waals surface area (Å²) in [7, 11) is -11.9. The van der Waals surface area contributed by atoms with Gasteiger partial charge in [-0.3, -0.25) is 0 Å². The average Bonchev–Trinajstić information content (AvgIpc) is 2.46. The number of hydrogen-bond donors (Lipinski definition) is 0. The third kappa shape index (κ3) is 3.90. The summed E-state index contributed by atoms with van der Waals surface area (Å²) in [5, 5.41) is -3.43. The standard InChI is InChI=1S/C14H16O7P2/c15-22(16,17)14(23(18,19)20,11-12-7-3-1-4-8-12)21-13-9-5-2-6-10-13/h1-10H,11H2,(H2,15,16,17)(H2,18,19,20)/p-4. The smallest absolute Gasteiger partial charge is 0.164 e. The van der Waals surface area contributed by atoms with E-state index < -0.39 is 26.7 Å². The Morgan fingerprint density at radius 3 is 1.65 bits per heavy atom. The van der Waals surface area contributed by atoms with Gasteiger partial charge in [0.05, 0.1) is 0 Å². The van der Waals surface area contributed by atoms with E-state index in [1.165, 1.54) is 48.5 Å². The van der Waals surface area contributed by atoms with E-state index in [1.807, 2.05) is 0 Å². The van der Waals surface area contributed by atoms with E-state index in [1.54, 1.807) is 12.1 Å². The van der Waals surface area contributed by atoms with Crippen LogP contribution < -0.4 is 24.3 Å². The third-order valence-electron chi connectivity index (χ3n) is 3.16. The second-order valence-corrected chi connectivity index (χ2v) is 8.60. The molecule has 0 N–H and O–H groups in total. The van der Waals surface area contributed by atoms with Gasteiger partial charge in [0, 0.05) is 6.42 Å².